The van der Waals surface area contributed by atoms with Crippen molar-refractivity contribution >= 4 is 15.7 Å². The van der Waals surface area contributed by atoms with Crippen molar-refractivity contribution in [2.45, 2.75) is 13.5 Å². The third-order valence-corrected chi connectivity index (χ3v) is 3.99. The van der Waals surface area contributed by atoms with Crippen molar-refractivity contribution in [2.24, 2.45) is 0 Å². The molecule has 0 amide bonds. The Bertz CT molecular complexity index is 651. The molecule has 2 aromatic carbocycles. The van der Waals surface area contributed by atoms with Crippen LogP contribution in [0.4, 0.5) is 5.69 Å². The number of rotatable bonds is 4. The van der Waals surface area contributed by atoms with E-state index in [9.17, 15) is 8.42 Å². The molecule has 0 N–H and O–H groups in total. The molecular weight excluding hydrogens is 258 g/mol. The van der Waals surface area contributed by atoms with E-state index in [4.69, 9.17) is 0 Å². The predicted molar refractivity (Wildman–Crippen MR) is 78.6 cm³/mol. The molecule has 0 heterocycles. The third-order valence-electron chi connectivity index (χ3n) is 2.85. The summed E-state index contributed by atoms with van der Waals surface area (Å²) in [5.41, 5.74) is 2.79. The molecule has 3 nitrogen and oxygen atoms in total. The summed E-state index contributed by atoms with van der Waals surface area (Å²) in [7, 11) is -3.30. The van der Waals surface area contributed by atoms with Crippen molar-refractivity contribution in [2.75, 3.05) is 10.6 Å². The lowest BCUT2D eigenvalue weighted by molar-refractivity contribution is 0.596. The SMILES string of the molecule is Cc1cccc(CN(c2ccccc2)S(C)(=O)=O)c1. The molecule has 0 bridgehead atoms. The van der Waals surface area contributed by atoms with Gasteiger partial charge in [0.05, 0.1) is 18.5 Å². The third kappa shape index (κ3) is 3.58. The number of sulfonamides is 1. The normalized spacial score (nSPS) is 11.3. The molecule has 4 heteroatoms. The van der Waals surface area contributed by atoms with Gasteiger partial charge in [-0.15, -0.1) is 0 Å². The summed E-state index contributed by atoms with van der Waals surface area (Å²) in [5, 5.41) is 0. The number of anilines is 1. The largest absolute Gasteiger partial charge is 0.266 e. The van der Waals surface area contributed by atoms with Crippen LogP contribution in [0.2, 0.25) is 0 Å². The van der Waals surface area contributed by atoms with Crippen molar-refractivity contribution in [1.82, 2.24) is 0 Å². The minimum absolute atomic E-state index is 0.352. The van der Waals surface area contributed by atoms with Crippen LogP contribution < -0.4 is 4.31 Å². The van der Waals surface area contributed by atoms with E-state index in [2.05, 4.69) is 0 Å². The van der Waals surface area contributed by atoms with Gasteiger partial charge in [-0.2, -0.15) is 0 Å². The Kier molecular flexibility index (Phi) is 3.90. The maximum Gasteiger partial charge on any atom is 0.232 e. The Labute approximate surface area is 114 Å². The van der Waals surface area contributed by atoms with Crippen molar-refractivity contribution in [3.63, 3.8) is 0 Å². The summed E-state index contributed by atoms with van der Waals surface area (Å²) in [6.45, 7) is 2.35. The van der Waals surface area contributed by atoms with Gasteiger partial charge in [-0.25, -0.2) is 8.42 Å². The molecular formula is C15H17NO2S. The molecule has 100 valence electrons. The fourth-order valence-corrected chi connectivity index (χ4v) is 2.86. The lowest BCUT2D eigenvalue weighted by Crippen LogP contribution is -2.29. The second-order valence-electron chi connectivity index (χ2n) is 4.59. The van der Waals surface area contributed by atoms with Crippen LogP contribution in [0.1, 0.15) is 11.1 Å². The van der Waals surface area contributed by atoms with Crippen LogP contribution >= 0.6 is 0 Å². The lowest BCUT2D eigenvalue weighted by Gasteiger charge is -2.22. The number of aryl methyl sites for hydroxylation is 1. The zero-order chi connectivity index (χ0) is 13.9. The summed E-state index contributed by atoms with van der Waals surface area (Å²) in [4.78, 5) is 0. The van der Waals surface area contributed by atoms with Crippen LogP contribution in [0.25, 0.3) is 0 Å². The Hall–Kier alpha value is -1.81. The quantitative estimate of drug-likeness (QED) is 0.860. The Balaban J connectivity index is 2.36. The molecule has 0 atom stereocenters. The van der Waals surface area contributed by atoms with Gasteiger partial charge in [-0.05, 0) is 24.6 Å². The van der Waals surface area contributed by atoms with Gasteiger partial charge in [-0.1, -0.05) is 48.0 Å². The second-order valence-corrected chi connectivity index (χ2v) is 6.50. The topological polar surface area (TPSA) is 37.4 Å². The lowest BCUT2D eigenvalue weighted by atomic mass is 10.1. The summed E-state index contributed by atoms with van der Waals surface area (Å²) >= 11 is 0. The van der Waals surface area contributed by atoms with Crippen LogP contribution in [0.15, 0.2) is 54.6 Å². The molecule has 19 heavy (non-hydrogen) atoms. The predicted octanol–water partition coefficient (Wildman–Crippen LogP) is 2.96. The Morgan fingerprint density at radius 1 is 1.00 bits per heavy atom. The van der Waals surface area contributed by atoms with Crippen LogP contribution in [-0.2, 0) is 16.6 Å². The van der Waals surface area contributed by atoms with Crippen molar-refractivity contribution in [3.8, 4) is 0 Å². The Morgan fingerprint density at radius 2 is 1.68 bits per heavy atom. The molecule has 0 aromatic heterocycles. The van der Waals surface area contributed by atoms with Gasteiger partial charge in [0.2, 0.25) is 10.0 Å². The molecule has 0 radical (unpaired) electrons. The minimum Gasteiger partial charge on any atom is -0.266 e. The fraction of sp³-hybridized carbons (Fsp3) is 0.200. The first kappa shape index (κ1) is 13.6. The molecule has 2 aromatic rings. The number of nitrogens with zero attached hydrogens (tertiary/aromatic N) is 1. The molecule has 0 aliphatic rings. The van der Waals surface area contributed by atoms with Crippen LogP contribution in [-0.4, -0.2) is 14.7 Å². The summed E-state index contributed by atoms with van der Waals surface area (Å²) in [6, 6.07) is 17.0. The van der Waals surface area contributed by atoms with E-state index in [1.54, 1.807) is 12.1 Å². The fourth-order valence-electron chi connectivity index (χ4n) is 1.97. The van der Waals surface area contributed by atoms with Crippen LogP contribution in [0.3, 0.4) is 0 Å². The highest BCUT2D eigenvalue weighted by Crippen LogP contribution is 2.20. The van der Waals surface area contributed by atoms with Gasteiger partial charge >= 0.3 is 0 Å². The molecule has 0 spiro atoms. The van der Waals surface area contributed by atoms with Crippen LogP contribution in [0, 0.1) is 6.92 Å². The molecule has 0 aliphatic heterocycles. The van der Waals surface area contributed by atoms with Gasteiger partial charge in [0.25, 0.3) is 0 Å². The number of para-hydroxylation sites is 1. The smallest absolute Gasteiger partial charge is 0.232 e. The van der Waals surface area contributed by atoms with Crippen molar-refractivity contribution < 1.29 is 8.42 Å². The van der Waals surface area contributed by atoms with Crippen molar-refractivity contribution in [1.29, 1.82) is 0 Å². The monoisotopic (exact) mass is 275 g/mol. The summed E-state index contributed by atoms with van der Waals surface area (Å²) in [6.07, 6.45) is 1.23. The summed E-state index contributed by atoms with van der Waals surface area (Å²) < 4.78 is 25.3. The van der Waals surface area contributed by atoms with Gasteiger partial charge < -0.3 is 0 Å². The van der Waals surface area contributed by atoms with E-state index in [1.807, 2.05) is 49.4 Å². The first-order valence-electron chi connectivity index (χ1n) is 6.05. The first-order chi connectivity index (χ1) is 8.97. The second kappa shape index (κ2) is 5.45. The van der Waals surface area contributed by atoms with Crippen LogP contribution in [0.5, 0.6) is 0 Å². The molecule has 2 rings (SSSR count). The van der Waals surface area contributed by atoms with Gasteiger partial charge in [0, 0.05) is 0 Å². The van der Waals surface area contributed by atoms with E-state index in [-0.39, 0.29) is 0 Å². The first-order valence-corrected chi connectivity index (χ1v) is 7.90. The molecule has 0 fully saturated rings. The zero-order valence-electron chi connectivity index (χ0n) is 11.1. The van der Waals surface area contributed by atoms with E-state index in [1.165, 1.54) is 10.6 Å². The van der Waals surface area contributed by atoms with E-state index >= 15 is 0 Å². The number of hydrogen-bond donors (Lipinski definition) is 0. The average molecular weight is 275 g/mol. The standard InChI is InChI=1S/C15H17NO2S/c1-13-7-6-8-14(11-13)12-16(19(2,17)18)15-9-4-3-5-10-15/h3-11H,12H2,1-2H3. The zero-order valence-corrected chi connectivity index (χ0v) is 11.9. The maximum atomic E-state index is 11.9. The number of hydrogen-bond acceptors (Lipinski definition) is 2. The highest BCUT2D eigenvalue weighted by Gasteiger charge is 2.17. The number of benzene rings is 2. The summed E-state index contributed by atoms with van der Waals surface area (Å²) in [5.74, 6) is 0. The molecule has 0 saturated heterocycles. The minimum atomic E-state index is -3.30. The van der Waals surface area contributed by atoms with Gasteiger partial charge in [-0.3, -0.25) is 4.31 Å². The van der Waals surface area contributed by atoms with Gasteiger partial charge in [0.15, 0.2) is 0 Å². The maximum absolute atomic E-state index is 11.9. The molecule has 0 saturated carbocycles. The van der Waals surface area contributed by atoms with E-state index < -0.39 is 10.0 Å². The Morgan fingerprint density at radius 3 is 2.26 bits per heavy atom. The van der Waals surface area contributed by atoms with E-state index in [0.29, 0.717) is 12.2 Å². The highest BCUT2D eigenvalue weighted by molar-refractivity contribution is 7.92. The molecule has 0 unspecified atom stereocenters. The highest BCUT2D eigenvalue weighted by atomic mass is 32.2. The molecule has 0 aliphatic carbocycles. The van der Waals surface area contributed by atoms with E-state index in [0.717, 1.165) is 11.1 Å². The average Bonchev–Trinajstić information content (AvgIpc) is 2.36. The van der Waals surface area contributed by atoms with Crippen molar-refractivity contribution in [3.05, 3.63) is 65.7 Å². The van der Waals surface area contributed by atoms with Gasteiger partial charge in [0.1, 0.15) is 0 Å².